The normalized spacial score (nSPS) is 17.5. The molecule has 1 aromatic heterocycles. The summed E-state index contributed by atoms with van der Waals surface area (Å²) in [7, 11) is 0. The van der Waals surface area contributed by atoms with E-state index in [1.54, 1.807) is 6.07 Å². The summed E-state index contributed by atoms with van der Waals surface area (Å²) in [6, 6.07) is 6.64. The van der Waals surface area contributed by atoms with Crippen LogP contribution < -0.4 is 4.74 Å². The highest BCUT2D eigenvalue weighted by Gasteiger charge is 2.36. The number of pyridine rings is 1. The first-order valence-corrected chi connectivity index (χ1v) is 8.35. The van der Waals surface area contributed by atoms with Crippen molar-refractivity contribution in [1.29, 1.82) is 0 Å². The summed E-state index contributed by atoms with van der Waals surface area (Å²) >= 11 is 0. The SMILES string of the molecule is O=Cc1cc(OC2CCC(F)(F)CC2)cc(-c2ccc(C(F)(F)F)nc2)c1. The molecule has 0 spiro atoms. The van der Waals surface area contributed by atoms with E-state index in [0.717, 1.165) is 12.3 Å². The van der Waals surface area contributed by atoms with Crippen molar-refractivity contribution < 1.29 is 31.5 Å². The fourth-order valence-electron chi connectivity index (χ4n) is 2.98. The van der Waals surface area contributed by atoms with Crippen LogP contribution in [0, 0.1) is 0 Å². The predicted molar refractivity (Wildman–Crippen MR) is 87.9 cm³/mol. The Morgan fingerprint density at radius 1 is 1.07 bits per heavy atom. The van der Waals surface area contributed by atoms with Gasteiger partial charge in [-0.05, 0) is 42.7 Å². The maximum atomic E-state index is 13.2. The number of hydrogen-bond donors (Lipinski definition) is 0. The minimum absolute atomic E-state index is 0.190. The number of carbonyl (C=O) groups is 1. The van der Waals surface area contributed by atoms with E-state index in [0.29, 0.717) is 23.2 Å². The van der Waals surface area contributed by atoms with Crippen LogP contribution >= 0.6 is 0 Å². The number of halogens is 5. The van der Waals surface area contributed by atoms with Gasteiger partial charge >= 0.3 is 6.18 Å². The molecule has 0 radical (unpaired) electrons. The number of hydrogen-bond acceptors (Lipinski definition) is 3. The van der Waals surface area contributed by atoms with E-state index in [1.807, 2.05) is 0 Å². The molecule has 27 heavy (non-hydrogen) atoms. The lowest BCUT2D eigenvalue weighted by atomic mass is 9.94. The highest BCUT2D eigenvalue weighted by atomic mass is 19.4. The zero-order chi connectivity index (χ0) is 19.7. The van der Waals surface area contributed by atoms with Crippen molar-refractivity contribution in [3.8, 4) is 16.9 Å². The highest BCUT2D eigenvalue weighted by Crippen LogP contribution is 2.36. The van der Waals surface area contributed by atoms with Gasteiger partial charge in [0.25, 0.3) is 0 Å². The second kappa shape index (κ2) is 7.25. The largest absolute Gasteiger partial charge is 0.490 e. The first-order valence-electron chi connectivity index (χ1n) is 8.35. The number of rotatable bonds is 4. The Morgan fingerprint density at radius 3 is 2.33 bits per heavy atom. The lowest BCUT2D eigenvalue weighted by Gasteiger charge is -2.28. The van der Waals surface area contributed by atoms with Gasteiger partial charge in [-0.15, -0.1) is 0 Å². The van der Waals surface area contributed by atoms with Crippen molar-refractivity contribution in [3.63, 3.8) is 0 Å². The smallest absolute Gasteiger partial charge is 0.433 e. The van der Waals surface area contributed by atoms with Gasteiger partial charge in [-0.3, -0.25) is 9.78 Å². The third kappa shape index (κ3) is 4.81. The van der Waals surface area contributed by atoms with E-state index in [1.165, 1.54) is 18.2 Å². The molecule has 1 aromatic carbocycles. The van der Waals surface area contributed by atoms with E-state index in [-0.39, 0.29) is 31.2 Å². The Labute approximate surface area is 152 Å². The minimum atomic E-state index is -4.54. The maximum Gasteiger partial charge on any atom is 0.433 e. The number of carbonyl (C=O) groups excluding carboxylic acids is 1. The van der Waals surface area contributed by atoms with Crippen LogP contribution in [0.1, 0.15) is 41.7 Å². The van der Waals surface area contributed by atoms with Crippen LogP contribution in [0.5, 0.6) is 5.75 Å². The van der Waals surface area contributed by atoms with Crippen LogP contribution in [0.15, 0.2) is 36.5 Å². The van der Waals surface area contributed by atoms with Gasteiger partial charge in [-0.25, -0.2) is 8.78 Å². The summed E-state index contributed by atoms with van der Waals surface area (Å²) in [5, 5.41) is 0. The monoisotopic (exact) mass is 385 g/mol. The summed E-state index contributed by atoms with van der Waals surface area (Å²) in [4.78, 5) is 14.6. The molecule has 1 aliphatic rings. The van der Waals surface area contributed by atoms with E-state index in [4.69, 9.17) is 4.74 Å². The van der Waals surface area contributed by atoms with Gasteiger partial charge in [-0.2, -0.15) is 13.2 Å². The van der Waals surface area contributed by atoms with E-state index in [2.05, 4.69) is 4.98 Å². The van der Waals surface area contributed by atoms with Gasteiger partial charge in [0.05, 0.1) is 6.10 Å². The molecule has 0 N–H and O–H groups in total. The Kier molecular flexibility index (Phi) is 5.17. The topological polar surface area (TPSA) is 39.2 Å². The molecule has 0 atom stereocenters. The molecule has 0 unspecified atom stereocenters. The molecule has 1 saturated carbocycles. The average molecular weight is 385 g/mol. The number of ether oxygens (including phenoxy) is 1. The molecular weight excluding hydrogens is 369 g/mol. The molecule has 1 heterocycles. The maximum absolute atomic E-state index is 13.2. The molecule has 3 rings (SSSR count). The quantitative estimate of drug-likeness (QED) is 0.513. The number of alkyl halides is 5. The second-order valence-electron chi connectivity index (χ2n) is 6.51. The van der Waals surface area contributed by atoms with Crippen molar-refractivity contribution in [3.05, 3.63) is 47.8 Å². The van der Waals surface area contributed by atoms with Crippen molar-refractivity contribution in [2.45, 2.75) is 43.9 Å². The van der Waals surface area contributed by atoms with Crippen LogP contribution in [-0.4, -0.2) is 23.3 Å². The summed E-state index contributed by atoms with van der Waals surface area (Å²) in [5.41, 5.74) is 0.0876. The lowest BCUT2D eigenvalue weighted by molar-refractivity contribution is -0.141. The number of benzene rings is 1. The van der Waals surface area contributed by atoms with Crippen molar-refractivity contribution in [2.75, 3.05) is 0 Å². The first-order chi connectivity index (χ1) is 12.7. The summed E-state index contributed by atoms with van der Waals surface area (Å²) in [6.45, 7) is 0. The predicted octanol–water partition coefficient (Wildman–Crippen LogP) is 5.54. The molecule has 2 aromatic rings. The molecule has 1 aliphatic carbocycles. The van der Waals surface area contributed by atoms with Gasteiger partial charge in [0.2, 0.25) is 5.92 Å². The molecule has 3 nitrogen and oxygen atoms in total. The highest BCUT2D eigenvalue weighted by molar-refractivity contribution is 5.80. The average Bonchev–Trinajstić information content (AvgIpc) is 2.62. The second-order valence-corrected chi connectivity index (χ2v) is 6.51. The van der Waals surface area contributed by atoms with E-state index >= 15 is 0 Å². The van der Waals surface area contributed by atoms with Crippen LogP contribution in [0.3, 0.4) is 0 Å². The summed E-state index contributed by atoms with van der Waals surface area (Å²) in [5.74, 6) is -2.37. The molecule has 8 heteroatoms. The zero-order valence-electron chi connectivity index (χ0n) is 14.1. The van der Waals surface area contributed by atoms with Crippen LogP contribution in [0.2, 0.25) is 0 Å². The summed E-state index contributed by atoms with van der Waals surface area (Å²) in [6.07, 6.45) is -3.43. The molecular formula is C19H16F5NO2. The third-order valence-electron chi connectivity index (χ3n) is 4.42. The zero-order valence-corrected chi connectivity index (χ0v) is 14.1. The standard InChI is InChI=1S/C19H16F5NO2/c20-18(21)5-3-15(4-6-18)27-16-8-12(11-26)7-14(9-16)13-1-2-17(25-10-13)19(22,23)24/h1-2,7-11,15H,3-6H2. The summed E-state index contributed by atoms with van der Waals surface area (Å²) < 4.78 is 70.1. The fourth-order valence-corrected chi connectivity index (χ4v) is 2.98. The fraction of sp³-hybridized carbons (Fsp3) is 0.368. The van der Waals surface area contributed by atoms with Crippen molar-refractivity contribution in [1.82, 2.24) is 4.98 Å². The molecule has 0 aliphatic heterocycles. The number of aromatic nitrogens is 1. The Balaban J connectivity index is 1.82. The number of aldehydes is 1. The van der Waals surface area contributed by atoms with Gasteiger partial charge in [-0.1, -0.05) is 6.07 Å². The van der Waals surface area contributed by atoms with Crippen LogP contribution in [0.4, 0.5) is 22.0 Å². The minimum Gasteiger partial charge on any atom is -0.490 e. The van der Waals surface area contributed by atoms with Crippen molar-refractivity contribution in [2.24, 2.45) is 0 Å². The van der Waals surface area contributed by atoms with Crippen LogP contribution in [0.25, 0.3) is 11.1 Å². The van der Waals surface area contributed by atoms with Gasteiger partial charge in [0.15, 0.2) is 0 Å². The molecule has 1 fully saturated rings. The van der Waals surface area contributed by atoms with Crippen LogP contribution in [-0.2, 0) is 6.18 Å². The first kappa shape index (κ1) is 19.3. The van der Waals surface area contributed by atoms with Crippen molar-refractivity contribution >= 4 is 6.29 Å². The lowest BCUT2D eigenvalue weighted by Crippen LogP contribution is -2.30. The number of nitrogens with zero attached hydrogens (tertiary/aromatic N) is 1. The molecule has 0 amide bonds. The van der Waals surface area contributed by atoms with Gasteiger partial charge in [0.1, 0.15) is 17.7 Å². The molecule has 0 saturated heterocycles. The Hall–Kier alpha value is -2.51. The Bertz CT molecular complexity index is 808. The molecule has 0 bridgehead atoms. The molecule has 144 valence electrons. The van der Waals surface area contributed by atoms with Gasteiger partial charge in [0, 0.05) is 30.2 Å². The Morgan fingerprint density at radius 2 is 1.78 bits per heavy atom. The third-order valence-corrected chi connectivity index (χ3v) is 4.42. The van der Waals surface area contributed by atoms with E-state index < -0.39 is 23.9 Å². The van der Waals surface area contributed by atoms with E-state index in [9.17, 15) is 26.7 Å². The van der Waals surface area contributed by atoms with Gasteiger partial charge < -0.3 is 4.74 Å².